The number of carbonyl (C=O) groups is 1. The smallest absolute Gasteiger partial charge is 0.244 e. The molecule has 0 spiro atoms. The lowest BCUT2D eigenvalue weighted by Crippen LogP contribution is -2.39. The zero-order chi connectivity index (χ0) is 15.2. The fourth-order valence-corrected chi connectivity index (χ4v) is 1.65. The van der Waals surface area contributed by atoms with Crippen molar-refractivity contribution in [3.63, 3.8) is 0 Å². The van der Waals surface area contributed by atoms with Crippen molar-refractivity contribution in [2.75, 3.05) is 13.7 Å². The number of benzene rings is 1. The van der Waals surface area contributed by atoms with Gasteiger partial charge >= 0.3 is 0 Å². The first-order valence-electron chi connectivity index (χ1n) is 6.67. The van der Waals surface area contributed by atoms with Crippen LogP contribution in [0, 0.1) is 0 Å². The summed E-state index contributed by atoms with van der Waals surface area (Å²) in [4.78, 5) is 11.7. The average Bonchev–Trinajstić information content (AvgIpc) is 2.36. The Hall–Kier alpha value is -1.97. The second-order valence-corrected chi connectivity index (χ2v) is 5.42. The second-order valence-electron chi connectivity index (χ2n) is 5.42. The highest BCUT2D eigenvalue weighted by Gasteiger charge is 2.11. The van der Waals surface area contributed by atoms with Crippen molar-refractivity contribution in [1.29, 1.82) is 0 Å². The van der Waals surface area contributed by atoms with Gasteiger partial charge in [0.25, 0.3) is 0 Å². The van der Waals surface area contributed by atoms with Crippen LogP contribution >= 0.6 is 0 Å². The highest BCUT2D eigenvalue weighted by atomic mass is 16.5. The molecule has 20 heavy (non-hydrogen) atoms. The number of nitrogens with one attached hydrogen (secondary N) is 1. The molecule has 0 saturated carbocycles. The maximum absolute atomic E-state index is 11.7. The van der Waals surface area contributed by atoms with Crippen LogP contribution in [0.1, 0.15) is 33.3 Å². The van der Waals surface area contributed by atoms with Gasteiger partial charge < -0.3 is 14.8 Å². The van der Waals surface area contributed by atoms with E-state index in [4.69, 9.17) is 9.47 Å². The first-order chi connectivity index (χ1) is 9.35. The lowest BCUT2D eigenvalue weighted by atomic mass is 10.1. The molecule has 0 aliphatic rings. The van der Waals surface area contributed by atoms with Crippen molar-refractivity contribution in [1.82, 2.24) is 5.32 Å². The molecule has 0 fully saturated rings. The molecule has 0 radical (unpaired) electrons. The maximum Gasteiger partial charge on any atom is 0.244 e. The lowest BCUT2D eigenvalue weighted by molar-refractivity contribution is -0.117. The summed E-state index contributed by atoms with van der Waals surface area (Å²) in [5.41, 5.74) is 0.646. The minimum absolute atomic E-state index is 0.120. The van der Waals surface area contributed by atoms with Gasteiger partial charge in [-0.2, -0.15) is 0 Å². The third-order valence-corrected chi connectivity index (χ3v) is 2.41. The van der Waals surface area contributed by atoms with Gasteiger partial charge in [0.1, 0.15) is 0 Å². The predicted octanol–water partition coefficient (Wildman–Crippen LogP) is 3.02. The SMILES string of the molecule is CCOc1ccc(/C=C/C(=O)NC(C)(C)C)cc1OC. The summed E-state index contributed by atoms with van der Waals surface area (Å²) < 4.78 is 10.7. The van der Waals surface area contributed by atoms with Crippen molar-refractivity contribution in [2.24, 2.45) is 0 Å². The van der Waals surface area contributed by atoms with Crippen molar-refractivity contribution in [3.8, 4) is 11.5 Å². The third-order valence-electron chi connectivity index (χ3n) is 2.41. The fraction of sp³-hybridized carbons (Fsp3) is 0.438. The van der Waals surface area contributed by atoms with E-state index in [2.05, 4.69) is 5.32 Å². The third kappa shape index (κ3) is 5.34. The van der Waals surface area contributed by atoms with Crippen LogP contribution in [0.15, 0.2) is 24.3 Å². The largest absolute Gasteiger partial charge is 0.493 e. The van der Waals surface area contributed by atoms with Crippen LogP contribution in [0.5, 0.6) is 11.5 Å². The molecule has 0 heterocycles. The average molecular weight is 277 g/mol. The van der Waals surface area contributed by atoms with Crippen LogP contribution in [-0.4, -0.2) is 25.2 Å². The Kier molecular flexibility index (Phi) is 5.62. The van der Waals surface area contributed by atoms with Gasteiger partial charge in [0.15, 0.2) is 11.5 Å². The van der Waals surface area contributed by atoms with Crippen molar-refractivity contribution in [2.45, 2.75) is 33.2 Å². The summed E-state index contributed by atoms with van der Waals surface area (Å²) in [5.74, 6) is 1.24. The topological polar surface area (TPSA) is 47.6 Å². The standard InChI is InChI=1S/C16H23NO3/c1-6-20-13-9-7-12(11-14(13)19-5)8-10-15(18)17-16(2,3)4/h7-11H,6H2,1-5H3,(H,17,18)/b10-8+. The predicted molar refractivity (Wildman–Crippen MR) is 81.1 cm³/mol. The van der Waals surface area contributed by atoms with Crippen molar-refractivity contribution < 1.29 is 14.3 Å². The zero-order valence-corrected chi connectivity index (χ0v) is 12.8. The summed E-state index contributed by atoms with van der Waals surface area (Å²) in [7, 11) is 1.59. The van der Waals surface area contributed by atoms with E-state index in [9.17, 15) is 4.79 Å². The summed E-state index contributed by atoms with van der Waals surface area (Å²) in [6, 6.07) is 5.56. The van der Waals surface area contributed by atoms with Gasteiger partial charge in [-0.05, 0) is 51.5 Å². The Bertz CT molecular complexity index is 487. The van der Waals surface area contributed by atoms with Crippen molar-refractivity contribution in [3.05, 3.63) is 29.8 Å². The van der Waals surface area contributed by atoms with Crippen molar-refractivity contribution >= 4 is 12.0 Å². The van der Waals surface area contributed by atoms with E-state index >= 15 is 0 Å². The number of rotatable bonds is 5. The monoisotopic (exact) mass is 277 g/mol. The van der Waals surface area contributed by atoms with E-state index in [-0.39, 0.29) is 11.4 Å². The van der Waals surface area contributed by atoms with Gasteiger partial charge in [0.05, 0.1) is 13.7 Å². The quantitative estimate of drug-likeness (QED) is 0.842. The Balaban J connectivity index is 2.80. The van der Waals surface area contributed by atoms with E-state index in [0.29, 0.717) is 18.1 Å². The maximum atomic E-state index is 11.7. The molecule has 0 aliphatic heterocycles. The van der Waals surface area contributed by atoms with Crippen LogP contribution in [0.3, 0.4) is 0 Å². The molecule has 110 valence electrons. The van der Waals surface area contributed by atoms with Gasteiger partial charge in [-0.1, -0.05) is 6.07 Å². The van der Waals surface area contributed by atoms with Crippen LogP contribution in [0.2, 0.25) is 0 Å². The normalized spacial score (nSPS) is 11.4. The van der Waals surface area contributed by atoms with Gasteiger partial charge in [-0.3, -0.25) is 4.79 Å². The molecule has 0 aliphatic carbocycles. The molecule has 1 amide bonds. The molecular weight excluding hydrogens is 254 g/mol. The minimum Gasteiger partial charge on any atom is -0.493 e. The van der Waals surface area contributed by atoms with Crippen LogP contribution in [-0.2, 0) is 4.79 Å². The van der Waals surface area contributed by atoms with Gasteiger partial charge in [-0.15, -0.1) is 0 Å². The molecule has 1 N–H and O–H groups in total. The molecule has 0 saturated heterocycles. The molecule has 0 unspecified atom stereocenters. The summed E-state index contributed by atoms with van der Waals surface area (Å²) in [6.07, 6.45) is 3.26. The molecule has 0 atom stereocenters. The van der Waals surface area contributed by atoms with Crippen LogP contribution < -0.4 is 14.8 Å². The Morgan fingerprint density at radius 2 is 2.00 bits per heavy atom. The highest BCUT2D eigenvalue weighted by Crippen LogP contribution is 2.28. The van der Waals surface area contributed by atoms with Crippen LogP contribution in [0.4, 0.5) is 0 Å². The van der Waals surface area contributed by atoms with Crippen LogP contribution in [0.25, 0.3) is 6.08 Å². The number of methoxy groups -OCH3 is 1. The van der Waals surface area contributed by atoms with E-state index in [1.54, 1.807) is 13.2 Å². The van der Waals surface area contributed by atoms with E-state index in [0.717, 1.165) is 5.56 Å². The first-order valence-corrected chi connectivity index (χ1v) is 6.67. The number of hydrogen-bond acceptors (Lipinski definition) is 3. The number of hydrogen-bond donors (Lipinski definition) is 1. The fourth-order valence-electron chi connectivity index (χ4n) is 1.65. The summed E-state index contributed by atoms with van der Waals surface area (Å²) in [6.45, 7) is 8.33. The second kappa shape index (κ2) is 6.98. The first kappa shape index (κ1) is 16.1. The molecule has 4 nitrogen and oxygen atoms in total. The van der Waals surface area contributed by atoms with E-state index in [1.165, 1.54) is 6.08 Å². The number of carbonyl (C=O) groups excluding carboxylic acids is 1. The van der Waals surface area contributed by atoms with Gasteiger partial charge in [0, 0.05) is 11.6 Å². The molecule has 0 aromatic heterocycles. The number of amides is 1. The molecule has 4 heteroatoms. The Morgan fingerprint density at radius 3 is 2.55 bits per heavy atom. The number of ether oxygens (including phenoxy) is 2. The Morgan fingerprint density at radius 1 is 1.30 bits per heavy atom. The molecule has 0 bridgehead atoms. The highest BCUT2D eigenvalue weighted by molar-refractivity contribution is 5.92. The molecule has 1 aromatic carbocycles. The summed E-state index contributed by atoms with van der Waals surface area (Å²) in [5, 5.41) is 2.87. The Labute approximate surface area is 120 Å². The summed E-state index contributed by atoms with van der Waals surface area (Å²) >= 11 is 0. The molecule has 1 rings (SSSR count). The van der Waals surface area contributed by atoms with Gasteiger partial charge in [0.2, 0.25) is 5.91 Å². The minimum atomic E-state index is -0.238. The molecular formula is C16H23NO3. The zero-order valence-electron chi connectivity index (χ0n) is 12.8. The van der Waals surface area contributed by atoms with E-state index in [1.807, 2.05) is 45.9 Å². The van der Waals surface area contributed by atoms with E-state index < -0.39 is 0 Å². The molecule has 1 aromatic rings. The lowest BCUT2D eigenvalue weighted by Gasteiger charge is -2.19. The van der Waals surface area contributed by atoms with Gasteiger partial charge in [-0.25, -0.2) is 0 Å².